The molecule has 0 saturated carbocycles. The predicted molar refractivity (Wildman–Crippen MR) is 61.1 cm³/mol. The molecule has 16 heavy (non-hydrogen) atoms. The highest BCUT2D eigenvalue weighted by molar-refractivity contribution is 5.88. The van der Waals surface area contributed by atoms with Crippen molar-refractivity contribution in [2.75, 3.05) is 0 Å². The molecule has 0 radical (unpaired) electrons. The number of fused-ring (bicyclic) bond motifs is 1. The molecular weight excluding hydrogens is 202 g/mol. The highest BCUT2D eigenvalue weighted by Gasteiger charge is 2.08. The van der Waals surface area contributed by atoms with Gasteiger partial charge in [0.2, 0.25) is 0 Å². The van der Waals surface area contributed by atoms with Crippen LogP contribution in [0.1, 0.15) is 23.7 Å². The first kappa shape index (κ1) is 10.7. The number of carbonyl (C=O) groups excluding carboxylic acids is 1. The number of aliphatic carboxylic acids is 1. The van der Waals surface area contributed by atoms with E-state index in [-0.39, 0.29) is 6.42 Å². The van der Waals surface area contributed by atoms with Gasteiger partial charge in [-0.05, 0) is 36.6 Å². The molecule has 1 N–H and O–H groups in total. The number of H-pyrrole nitrogens is 1. The Hall–Kier alpha value is -1.77. The highest BCUT2D eigenvalue weighted by Crippen LogP contribution is 2.23. The maximum Gasteiger partial charge on any atom is 0.0459 e. The zero-order chi connectivity index (χ0) is 11.7. The zero-order valence-corrected chi connectivity index (χ0v) is 9.46. The summed E-state index contributed by atoms with van der Waals surface area (Å²) in [5, 5.41) is 11.7. The summed E-state index contributed by atoms with van der Waals surface area (Å²) in [7, 11) is 0. The van der Waals surface area contributed by atoms with Gasteiger partial charge in [-0.2, -0.15) is 0 Å². The highest BCUT2D eigenvalue weighted by atomic mass is 16.4. The smallest absolute Gasteiger partial charge is 0.0459 e. The second-order valence-electron chi connectivity index (χ2n) is 4.01. The number of hydrogen-bond donors (Lipinski definition) is 1. The van der Waals surface area contributed by atoms with E-state index in [1.165, 1.54) is 5.56 Å². The van der Waals surface area contributed by atoms with Gasteiger partial charge in [0, 0.05) is 29.0 Å². The molecule has 2 aromatic rings. The van der Waals surface area contributed by atoms with Crippen LogP contribution in [0.4, 0.5) is 0 Å². The van der Waals surface area contributed by atoms with Crippen molar-refractivity contribution < 1.29 is 9.90 Å². The second-order valence-corrected chi connectivity index (χ2v) is 4.01. The van der Waals surface area contributed by atoms with Gasteiger partial charge in [0.25, 0.3) is 0 Å². The maximum atomic E-state index is 10.7. The van der Waals surface area contributed by atoms with E-state index in [1.54, 1.807) is 0 Å². The molecule has 0 saturated heterocycles. The third-order valence-electron chi connectivity index (χ3n) is 2.91. The Morgan fingerprint density at radius 1 is 1.44 bits per heavy atom. The first-order valence-electron chi connectivity index (χ1n) is 5.41. The number of nitrogens with one attached hydrogen (secondary N) is 1. The Bertz CT molecular complexity index is 540. The summed E-state index contributed by atoms with van der Waals surface area (Å²) < 4.78 is 0. The molecule has 0 fully saturated rings. The lowest BCUT2D eigenvalue weighted by Gasteiger charge is -2.03. The third kappa shape index (κ3) is 1.81. The van der Waals surface area contributed by atoms with Gasteiger partial charge in [0.05, 0.1) is 0 Å². The molecule has 84 valence electrons. The molecule has 3 nitrogen and oxygen atoms in total. The van der Waals surface area contributed by atoms with Crippen molar-refractivity contribution in [3.8, 4) is 0 Å². The average Bonchev–Trinajstić information content (AvgIpc) is 2.54. The lowest BCUT2D eigenvalue weighted by atomic mass is 10.0. The largest absolute Gasteiger partial charge is 0.550 e. The van der Waals surface area contributed by atoms with Gasteiger partial charge in [0.1, 0.15) is 0 Å². The van der Waals surface area contributed by atoms with E-state index >= 15 is 0 Å². The van der Waals surface area contributed by atoms with Crippen molar-refractivity contribution in [3.63, 3.8) is 0 Å². The number of carbonyl (C=O) groups is 1. The summed E-state index contributed by atoms with van der Waals surface area (Å²) in [5.74, 6) is -1.04. The number of rotatable bonds is 3. The van der Waals surface area contributed by atoms with Crippen molar-refractivity contribution in [1.29, 1.82) is 0 Å². The van der Waals surface area contributed by atoms with Crippen LogP contribution in [0.15, 0.2) is 18.2 Å². The molecule has 0 bridgehead atoms. The summed E-state index contributed by atoms with van der Waals surface area (Å²) in [4.78, 5) is 13.9. The average molecular weight is 216 g/mol. The Morgan fingerprint density at radius 3 is 2.81 bits per heavy atom. The van der Waals surface area contributed by atoms with Crippen molar-refractivity contribution in [2.24, 2.45) is 0 Å². The minimum absolute atomic E-state index is 0.0288. The zero-order valence-electron chi connectivity index (χ0n) is 9.46. The fourth-order valence-electron chi connectivity index (χ4n) is 2.02. The molecule has 2 rings (SSSR count). The molecule has 0 aliphatic heterocycles. The summed E-state index contributed by atoms with van der Waals surface area (Å²) in [5.41, 5.74) is 3.95. The lowest BCUT2D eigenvalue weighted by molar-refractivity contribution is -0.304. The lowest BCUT2D eigenvalue weighted by Crippen LogP contribution is -2.24. The van der Waals surface area contributed by atoms with Gasteiger partial charge in [-0.1, -0.05) is 13.0 Å². The van der Waals surface area contributed by atoms with Crippen LogP contribution in [0.5, 0.6) is 0 Å². The van der Waals surface area contributed by atoms with Crippen LogP contribution in [-0.2, 0) is 17.6 Å². The van der Waals surface area contributed by atoms with E-state index in [9.17, 15) is 9.90 Å². The molecule has 0 aliphatic rings. The number of benzene rings is 1. The van der Waals surface area contributed by atoms with Crippen molar-refractivity contribution in [1.82, 2.24) is 4.98 Å². The molecule has 1 heterocycles. The molecular formula is C13H14NO2-. The summed E-state index contributed by atoms with van der Waals surface area (Å²) in [6.45, 7) is 3.98. The van der Waals surface area contributed by atoms with E-state index in [1.807, 2.05) is 13.0 Å². The standard InChI is InChI=1S/C13H15NO2/c1-3-9-4-5-12-11(6-9)10(7-13(15)16)8(2)14-12/h4-6,14H,3,7H2,1-2H3,(H,15,16)/p-1. The van der Waals surface area contributed by atoms with Crippen molar-refractivity contribution in [2.45, 2.75) is 26.7 Å². The Morgan fingerprint density at radius 2 is 2.19 bits per heavy atom. The molecule has 1 aromatic heterocycles. The molecule has 0 aliphatic carbocycles. The van der Waals surface area contributed by atoms with Crippen LogP contribution in [0.2, 0.25) is 0 Å². The van der Waals surface area contributed by atoms with E-state index in [2.05, 4.69) is 24.0 Å². The molecule has 0 spiro atoms. The van der Waals surface area contributed by atoms with E-state index < -0.39 is 5.97 Å². The van der Waals surface area contributed by atoms with Crippen molar-refractivity contribution >= 4 is 16.9 Å². The van der Waals surface area contributed by atoms with Gasteiger partial charge in [-0.25, -0.2) is 0 Å². The number of aromatic nitrogens is 1. The quantitative estimate of drug-likeness (QED) is 0.841. The molecule has 1 aromatic carbocycles. The van der Waals surface area contributed by atoms with Gasteiger partial charge >= 0.3 is 0 Å². The van der Waals surface area contributed by atoms with Crippen LogP contribution >= 0.6 is 0 Å². The van der Waals surface area contributed by atoms with Crippen LogP contribution in [0.25, 0.3) is 10.9 Å². The monoisotopic (exact) mass is 216 g/mol. The predicted octanol–water partition coefficient (Wildman–Crippen LogP) is 1.33. The van der Waals surface area contributed by atoms with Crippen molar-refractivity contribution in [3.05, 3.63) is 35.0 Å². The summed E-state index contributed by atoms with van der Waals surface area (Å²) in [6.07, 6.45) is 0.921. The maximum absolute atomic E-state index is 10.7. The number of aromatic amines is 1. The molecule has 3 heteroatoms. The van der Waals surface area contributed by atoms with Gasteiger partial charge in [0.15, 0.2) is 0 Å². The van der Waals surface area contributed by atoms with Gasteiger partial charge in [-0.15, -0.1) is 0 Å². The Labute approximate surface area is 94.1 Å². The fourth-order valence-corrected chi connectivity index (χ4v) is 2.02. The first-order chi connectivity index (χ1) is 7.61. The summed E-state index contributed by atoms with van der Waals surface area (Å²) >= 11 is 0. The fraction of sp³-hybridized carbons (Fsp3) is 0.308. The second kappa shape index (κ2) is 4.00. The number of hydrogen-bond acceptors (Lipinski definition) is 2. The minimum Gasteiger partial charge on any atom is -0.550 e. The Balaban J connectivity index is 2.61. The van der Waals surface area contributed by atoms with Crippen LogP contribution in [0, 0.1) is 6.92 Å². The minimum atomic E-state index is -1.04. The molecule has 0 unspecified atom stereocenters. The Kier molecular flexibility index (Phi) is 2.69. The van der Waals surface area contributed by atoms with Gasteiger partial charge < -0.3 is 14.9 Å². The van der Waals surface area contributed by atoms with Crippen LogP contribution in [0.3, 0.4) is 0 Å². The van der Waals surface area contributed by atoms with E-state index in [4.69, 9.17) is 0 Å². The summed E-state index contributed by atoms with van der Waals surface area (Å²) in [6, 6.07) is 6.11. The third-order valence-corrected chi connectivity index (χ3v) is 2.91. The first-order valence-corrected chi connectivity index (χ1v) is 5.41. The molecule has 0 atom stereocenters. The SMILES string of the molecule is CCc1ccc2[nH]c(C)c(CC(=O)[O-])c2c1. The van der Waals surface area contributed by atoms with E-state index in [0.29, 0.717) is 0 Å². The van der Waals surface area contributed by atoms with E-state index in [0.717, 1.165) is 28.6 Å². The van der Waals surface area contributed by atoms with Crippen LogP contribution in [-0.4, -0.2) is 11.0 Å². The van der Waals surface area contributed by atoms with Crippen LogP contribution < -0.4 is 5.11 Å². The number of carboxylic acid groups (broad SMARTS) is 1. The van der Waals surface area contributed by atoms with Gasteiger partial charge in [-0.3, -0.25) is 0 Å². The number of carboxylic acids is 1. The topological polar surface area (TPSA) is 55.9 Å². The normalized spacial score (nSPS) is 10.9. The number of aryl methyl sites for hydroxylation is 2. The molecule has 0 amide bonds.